The number of halogens is 2. The number of hydrogen-bond donors (Lipinski definition) is 1. The number of carbonyl (C=O) groups is 1. The summed E-state index contributed by atoms with van der Waals surface area (Å²) in [5.41, 5.74) is 1.54. The molecule has 0 aliphatic heterocycles. The first-order valence-electron chi connectivity index (χ1n) is 5.38. The number of rotatable bonds is 5. The van der Waals surface area contributed by atoms with E-state index in [0.717, 1.165) is 11.4 Å². The van der Waals surface area contributed by atoms with E-state index in [-0.39, 0.29) is 5.91 Å². The van der Waals surface area contributed by atoms with E-state index in [0.29, 0.717) is 23.7 Å². The number of carbonyl (C=O) groups excluding carboxylic acids is 1. The van der Waals surface area contributed by atoms with Crippen LogP contribution in [-0.2, 0) is 4.79 Å². The van der Waals surface area contributed by atoms with Crippen LogP contribution in [0.5, 0.6) is 0 Å². The van der Waals surface area contributed by atoms with Gasteiger partial charge < -0.3 is 10.2 Å². The number of alkyl halides is 1. The standard InChI is InChI=1S/C12H16Cl2N2O/c1-16(2)12-9(14)5-3-6-10(12)15-11(17)7-4-8-13/h3,5-6H,4,7-8H2,1-2H3,(H,15,17). The fourth-order valence-electron chi connectivity index (χ4n) is 1.51. The Hall–Kier alpha value is -0.930. The van der Waals surface area contributed by atoms with Crippen molar-refractivity contribution in [2.24, 2.45) is 0 Å². The van der Waals surface area contributed by atoms with Crippen LogP contribution in [0.15, 0.2) is 18.2 Å². The summed E-state index contributed by atoms with van der Waals surface area (Å²) in [6, 6.07) is 5.44. The molecule has 1 amide bonds. The number of para-hydroxylation sites is 1. The summed E-state index contributed by atoms with van der Waals surface area (Å²) in [7, 11) is 3.77. The van der Waals surface area contributed by atoms with Gasteiger partial charge in [-0.25, -0.2) is 0 Å². The lowest BCUT2D eigenvalue weighted by Crippen LogP contribution is -2.16. The van der Waals surface area contributed by atoms with E-state index in [2.05, 4.69) is 5.32 Å². The molecule has 1 N–H and O–H groups in total. The van der Waals surface area contributed by atoms with E-state index >= 15 is 0 Å². The molecule has 5 heteroatoms. The van der Waals surface area contributed by atoms with Gasteiger partial charge in [0.25, 0.3) is 0 Å². The van der Waals surface area contributed by atoms with Gasteiger partial charge in [0.1, 0.15) is 0 Å². The molecular weight excluding hydrogens is 259 g/mol. The zero-order valence-electron chi connectivity index (χ0n) is 9.96. The largest absolute Gasteiger partial charge is 0.375 e. The van der Waals surface area contributed by atoms with E-state index in [9.17, 15) is 4.79 Å². The molecule has 0 fully saturated rings. The highest BCUT2D eigenvalue weighted by Gasteiger charge is 2.11. The maximum atomic E-state index is 11.6. The van der Waals surface area contributed by atoms with Gasteiger partial charge in [-0.3, -0.25) is 4.79 Å². The lowest BCUT2D eigenvalue weighted by molar-refractivity contribution is -0.116. The van der Waals surface area contributed by atoms with Gasteiger partial charge in [0.05, 0.1) is 16.4 Å². The minimum atomic E-state index is -0.0454. The zero-order chi connectivity index (χ0) is 12.8. The van der Waals surface area contributed by atoms with Crippen molar-refractivity contribution < 1.29 is 4.79 Å². The summed E-state index contributed by atoms with van der Waals surface area (Å²) in [4.78, 5) is 13.5. The second-order valence-corrected chi connectivity index (χ2v) is 4.66. The van der Waals surface area contributed by atoms with Gasteiger partial charge in [0.15, 0.2) is 0 Å². The third-order valence-electron chi connectivity index (χ3n) is 2.25. The van der Waals surface area contributed by atoms with Crippen LogP contribution in [-0.4, -0.2) is 25.9 Å². The second-order valence-electron chi connectivity index (χ2n) is 3.87. The fraction of sp³-hybridized carbons (Fsp3) is 0.417. The highest BCUT2D eigenvalue weighted by atomic mass is 35.5. The molecule has 0 saturated heterocycles. The summed E-state index contributed by atoms with van der Waals surface area (Å²) in [5, 5.41) is 3.46. The van der Waals surface area contributed by atoms with E-state index < -0.39 is 0 Å². The van der Waals surface area contributed by atoms with Crippen LogP contribution in [0.3, 0.4) is 0 Å². The van der Waals surface area contributed by atoms with Crippen molar-refractivity contribution in [1.29, 1.82) is 0 Å². The average molecular weight is 275 g/mol. The molecule has 0 aliphatic carbocycles. The van der Waals surface area contributed by atoms with Crippen molar-refractivity contribution >= 4 is 40.5 Å². The molecule has 94 valence electrons. The SMILES string of the molecule is CN(C)c1c(Cl)cccc1NC(=O)CCCCl. The minimum Gasteiger partial charge on any atom is -0.375 e. The molecule has 3 nitrogen and oxygen atoms in total. The Morgan fingerprint density at radius 3 is 2.71 bits per heavy atom. The fourth-order valence-corrected chi connectivity index (χ4v) is 1.99. The summed E-state index contributed by atoms with van der Waals surface area (Å²) < 4.78 is 0. The van der Waals surface area contributed by atoms with Crippen LogP contribution in [0.1, 0.15) is 12.8 Å². The molecular formula is C12H16Cl2N2O. The van der Waals surface area contributed by atoms with Gasteiger partial charge in [-0.05, 0) is 18.6 Å². The van der Waals surface area contributed by atoms with E-state index in [4.69, 9.17) is 23.2 Å². The summed E-state index contributed by atoms with van der Waals surface area (Å²) in [5.74, 6) is 0.444. The Bertz CT molecular complexity index is 394. The van der Waals surface area contributed by atoms with Crippen LogP contribution >= 0.6 is 23.2 Å². The normalized spacial score (nSPS) is 10.1. The van der Waals surface area contributed by atoms with E-state index in [1.54, 1.807) is 6.07 Å². The quantitative estimate of drug-likeness (QED) is 0.836. The third kappa shape index (κ3) is 4.10. The van der Waals surface area contributed by atoms with Crippen LogP contribution in [0.25, 0.3) is 0 Å². The Labute approximate surface area is 112 Å². The molecule has 0 aromatic heterocycles. The van der Waals surface area contributed by atoms with E-state index in [1.165, 1.54) is 0 Å². The Morgan fingerprint density at radius 1 is 1.41 bits per heavy atom. The lowest BCUT2D eigenvalue weighted by atomic mass is 10.2. The van der Waals surface area contributed by atoms with Gasteiger partial charge in [-0.1, -0.05) is 17.7 Å². The first kappa shape index (κ1) is 14.1. The van der Waals surface area contributed by atoms with Gasteiger partial charge in [0, 0.05) is 26.4 Å². The number of nitrogens with zero attached hydrogens (tertiary/aromatic N) is 1. The maximum Gasteiger partial charge on any atom is 0.224 e. The Kier molecular flexibility index (Phi) is 5.59. The Morgan fingerprint density at radius 2 is 2.12 bits per heavy atom. The van der Waals surface area contributed by atoms with Crippen LogP contribution in [0.4, 0.5) is 11.4 Å². The molecule has 0 radical (unpaired) electrons. The highest BCUT2D eigenvalue weighted by molar-refractivity contribution is 6.34. The maximum absolute atomic E-state index is 11.6. The molecule has 1 rings (SSSR count). The van der Waals surface area contributed by atoms with Gasteiger partial charge in [-0.15, -0.1) is 11.6 Å². The first-order valence-corrected chi connectivity index (χ1v) is 6.29. The van der Waals surface area contributed by atoms with Crippen molar-refractivity contribution in [3.63, 3.8) is 0 Å². The lowest BCUT2D eigenvalue weighted by Gasteiger charge is -2.19. The summed E-state index contributed by atoms with van der Waals surface area (Å²) in [6.45, 7) is 0. The highest BCUT2D eigenvalue weighted by Crippen LogP contribution is 2.32. The topological polar surface area (TPSA) is 32.3 Å². The Balaban J connectivity index is 2.83. The van der Waals surface area contributed by atoms with Gasteiger partial charge in [0.2, 0.25) is 5.91 Å². The number of nitrogens with one attached hydrogen (secondary N) is 1. The molecule has 0 aliphatic rings. The molecule has 17 heavy (non-hydrogen) atoms. The summed E-state index contributed by atoms with van der Waals surface area (Å²) in [6.07, 6.45) is 1.09. The number of anilines is 2. The molecule has 0 unspecified atom stereocenters. The molecule has 1 aromatic carbocycles. The van der Waals surface area contributed by atoms with Crippen molar-refractivity contribution in [1.82, 2.24) is 0 Å². The number of benzene rings is 1. The second kappa shape index (κ2) is 6.72. The van der Waals surface area contributed by atoms with Crippen LogP contribution in [0, 0.1) is 0 Å². The van der Waals surface area contributed by atoms with E-state index in [1.807, 2.05) is 31.1 Å². The number of hydrogen-bond acceptors (Lipinski definition) is 2. The van der Waals surface area contributed by atoms with Gasteiger partial charge >= 0.3 is 0 Å². The molecule has 0 saturated carbocycles. The van der Waals surface area contributed by atoms with Crippen LogP contribution in [0.2, 0.25) is 5.02 Å². The smallest absolute Gasteiger partial charge is 0.224 e. The molecule has 0 spiro atoms. The monoisotopic (exact) mass is 274 g/mol. The average Bonchev–Trinajstić information content (AvgIpc) is 2.25. The molecule has 0 bridgehead atoms. The van der Waals surface area contributed by atoms with Gasteiger partial charge in [-0.2, -0.15) is 0 Å². The first-order chi connectivity index (χ1) is 8.06. The van der Waals surface area contributed by atoms with Crippen LogP contribution < -0.4 is 10.2 Å². The van der Waals surface area contributed by atoms with Crippen molar-refractivity contribution in [3.8, 4) is 0 Å². The molecule has 0 heterocycles. The van der Waals surface area contributed by atoms with Crippen molar-refractivity contribution in [2.75, 3.05) is 30.2 Å². The predicted octanol–water partition coefficient (Wildman–Crippen LogP) is 3.36. The number of amides is 1. The van der Waals surface area contributed by atoms with Crippen molar-refractivity contribution in [2.45, 2.75) is 12.8 Å². The predicted molar refractivity (Wildman–Crippen MR) is 74.4 cm³/mol. The van der Waals surface area contributed by atoms with Crippen molar-refractivity contribution in [3.05, 3.63) is 23.2 Å². The summed E-state index contributed by atoms with van der Waals surface area (Å²) >= 11 is 11.6. The molecule has 0 atom stereocenters. The zero-order valence-corrected chi connectivity index (χ0v) is 11.5. The minimum absolute atomic E-state index is 0.0454. The molecule has 1 aromatic rings. The third-order valence-corrected chi connectivity index (χ3v) is 2.82.